The first-order chi connectivity index (χ1) is 8.22. The van der Waals surface area contributed by atoms with E-state index in [4.69, 9.17) is 5.73 Å². The Morgan fingerprint density at radius 2 is 2.05 bits per heavy atom. The number of carbonyl (C=O) groups is 1. The molecule has 1 heterocycles. The molecule has 6 nitrogen and oxygen atoms in total. The minimum absolute atomic E-state index is 0. The zero-order valence-electron chi connectivity index (χ0n) is 10.9. The summed E-state index contributed by atoms with van der Waals surface area (Å²) in [6.07, 6.45) is 0. The minimum atomic E-state index is -3.50. The van der Waals surface area contributed by atoms with E-state index in [1.165, 1.54) is 18.5 Å². The second-order valence-corrected chi connectivity index (χ2v) is 7.19. The summed E-state index contributed by atoms with van der Waals surface area (Å²) in [6.45, 7) is 3.89. The smallest absolute Gasteiger partial charge is 0.261 e. The van der Waals surface area contributed by atoms with Crippen molar-refractivity contribution in [1.82, 2.24) is 10.0 Å². The van der Waals surface area contributed by atoms with E-state index < -0.39 is 15.6 Å². The SMILES string of the molecule is CNS(=O)(=O)c1csc(C(=O)NC(C)(C)CN)c1.Cl. The number of nitrogens with one attached hydrogen (secondary N) is 2. The van der Waals surface area contributed by atoms with Crippen LogP contribution in [-0.4, -0.2) is 33.5 Å². The molecule has 19 heavy (non-hydrogen) atoms. The van der Waals surface area contributed by atoms with Gasteiger partial charge in [-0.2, -0.15) is 0 Å². The summed E-state index contributed by atoms with van der Waals surface area (Å²) in [4.78, 5) is 12.3. The molecule has 0 aliphatic heterocycles. The summed E-state index contributed by atoms with van der Waals surface area (Å²) >= 11 is 1.08. The van der Waals surface area contributed by atoms with E-state index in [9.17, 15) is 13.2 Å². The van der Waals surface area contributed by atoms with Crippen molar-refractivity contribution in [3.63, 3.8) is 0 Å². The predicted molar refractivity (Wildman–Crippen MR) is 78.4 cm³/mol. The lowest BCUT2D eigenvalue weighted by Gasteiger charge is -2.23. The molecule has 1 aromatic heterocycles. The molecular weight excluding hydrogens is 310 g/mol. The van der Waals surface area contributed by atoms with Crippen molar-refractivity contribution >= 4 is 39.7 Å². The molecule has 4 N–H and O–H groups in total. The molecule has 0 unspecified atom stereocenters. The van der Waals surface area contributed by atoms with Crippen LogP contribution in [-0.2, 0) is 10.0 Å². The van der Waals surface area contributed by atoms with Crippen LogP contribution in [0, 0.1) is 0 Å². The third kappa shape index (κ3) is 4.73. The van der Waals surface area contributed by atoms with Gasteiger partial charge in [-0.3, -0.25) is 4.79 Å². The molecule has 0 saturated carbocycles. The quantitative estimate of drug-likeness (QED) is 0.734. The van der Waals surface area contributed by atoms with Crippen LogP contribution >= 0.6 is 23.7 Å². The van der Waals surface area contributed by atoms with E-state index in [0.717, 1.165) is 11.3 Å². The number of sulfonamides is 1. The Morgan fingerprint density at radius 1 is 1.47 bits per heavy atom. The Kier molecular flexibility index (Phi) is 6.43. The maximum absolute atomic E-state index is 11.9. The highest BCUT2D eigenvalue weighted by molar-refractivity contribution is 7.89. The van der Waals surface area contributed by atoms with Crippen molar-refractivity contribution in [3.05, 3.63) is 16.3 Å². The highest BCUT2D eigenvalue weighted by Gasteiger charge is 2.22. The Labute approximate surface area is 123 Å². The van der Waals surface area contributed by atoms with Gasteiger partial charge in [0, 0.05) is 17.5 Å². The number of halogens is 1. The van der Waals surface area contributed by atoms with E-state index >= 15 is 0 Å². The highest BCUT2D eigenvalue weighted by Crippen LogP contribution is 2.19. The molecule has 9 heteroatoms. The summed E-state index contributed by atoms with van der Waals surface area (Å²) in [5, 5.41) is 4.16. The van der Waals surface area contributed by atoms with E-state index in [1.807, 2.05) is 0 Å². The third-order valence-corrected chi connectivity index (χ3v) is 4.81. The van der Waals surface area contributed by atoms with E-state index in [2.05, 4.69) is 10.0 Å². The number of rotatable bonds is 5. The van der Waals surface area contributed by atoms with Gasteiger partial charge in [0.1, 0.15) is 0 Å². The van der Waals surface area contributed by atoms with Crippen molar-refractivity contribution in [2.75, 3.05) is 13.6 Å². The van der Waals surface area contributed by atoms with Crippen LogP contribution in [0.4, 0.5) is 0 Å². The molecule has 1 aromatic rings. The number of hydrogen-bond donors (Lipinski definition) is 3. The van der Waals surface area contributed by atoms with Gasteiger partial charge in [0.2, 0.25) is 10.0 Å². The van der Waals surface area contributed by atoms with Crippen LogP contribution in [0.1, 0.15) is 23.5 Å². The number of carbonyl (C=O) groups excluding carboxylic acids is 1. The molecule has 0 aromatic carbocycles. The fourth-order valence-electron chi connectivity index (χ4n) is 1.12. The Balaban J connectivity index is 0.00000324. The summed E-state index contributed by atoms with van der Waals surface area (Å²) in [5.41, 5.74) is 4.99. The maximum atomic E-state index is 11.9. The normalized spacial score (nSPS) is 11.8. The fourth-order valence-corrected chi connectivity index (χ4v) is 3.02. The molecule has 0 saturated heterocycles. The third-order valence-electron chi connectivity index (χ3n) is 2.34. The number of nitrogens with two attached hydrogens (primary N) is 1. The second-order valence-electron chi connectivity index (χ2n) is 4.40. The number of amides is 1. The zero-order chi connectivity index (χ0) is 14.0. The molecule has 0 aliphatic carbocycles. The topological polar surface area (TPSA) is 101 Å². The standard InChI is InChI=1S/C10H17N3O3S2.ClH/c1-10(2,6-11)13-9(14)8-4-7(5-17-8)18(15,16)12-3;/h4-5,12H,6,11H2,1-3H3,(H,13,14);1H. The van der Waals surface area contributed by atoms with Crippen molar-refractivity contribution < 1.29 is 13.2 Å². The number of hydrogen-bond acceptors (Lipinski definition) is 5. The van der Waals surface area contributed by atoms with E-state index in [-0.39, 0.29) is 23.2 Å². The van der Waals surface area contributed by atoms with Gasteiger partial charge in [0.05, 0.1) is 9.77 Å². The van der Waals surface area contributed by atoms with Crippen molar-refractivity contribution in [1.29, 1.82) is 0 Å². The molecule has 1 amide bonds. The van der Waals surface area contributed by atoms with E-state index in [1.54, 1.807) is 13.8 Å². The van der Waals surface area contributed by atoms with Gasteiger partial charge in [0.25, 0.3) is 5.91 Å². The molecule has 0 radical (unpaired) electrons. The fraction of sp³-hybridized carbons (Fsp3) is 0.500. The van der Waals surface area contributed by atoms with Crippen LogP contribution < -0.4 is 15.8 Å². The summed E-state index contributed by atoms with van der Waals surface area (Å²) in [7, 11) is -2.18. The van der Waals surface area contributed by atoms with Gasteiger partial charge in [-0.15, -0.1) is 23.7 Å². The first-order valence-electron chi connectivity index (χ1n) is 5.26. The van der Waals surface area contributed by atoms with Gasteiger partial charge in [-0.25, -0.2) is 13.1 Å². The Bertz CT molecular complexity index is 540. The lowest BCUT2D eigenvalue weighted by Crippen LogP contribution is -2.48. The maximum Gasteiger partial charge on any atom is 0.261 e. The lowest BCUT2D eigenvalue weighted by atomic mass is 10.1. The average Bonchev–Trinajstić information content (AvgIpc) is 2.78. The molecule has 0 bridgehead atoms. The van der Waals surface area contributed by atoms with Crippen LogP contribution in [0.25, 0.3) is 0 Å². The second kappa shape index (κ2) is 6.67. The van der Waals surface area contributed by atoms with Gasteiger partial charge in [-0.1, -0.05) is 0 Å². The van der Waals surface area contributed by atoms with Gasteiger partial charge in [0.15, 0.2) is 0 Å². The summed E-state index contributed by atoms with van der Waals surface area (Å²) < 4.78 is 25.2. The molecule has 0 spiro atoms. The van der Waals surface area contributed by atoms with E-state index in [0.29, 0.717) is 11.4 Å². The van der Waals surface area contributed by atoms with Crippen molar-refractivity contribution in [3.8, 4) is 0 Å². The predicted octanol–water partition coefficient (Wildman–Crippen LogP) is 0.545. The molecule has 0 atom stereocenters. The van der Waals surface area contributed by atoms with Crippen LogP contribution in [0.3, 0.4) is 0 Å². The minimum Gasteiger partial charge on any atom is -0.345 e. The largest absolute Gasteiger partial charge is 0.345 e. The molecule has 110 valence electrons. The molecule has 0 aliphatic rings. The monoisotopic (exact) mass is 327 g/mol. The molecule has 0 fully saturated rings. The summed E-state index contributed by atoms with van der Waals surface area (Å²) in [6, 6.07) is 1.35. The Hall–Kier alpha value is -0.670. The van der Waals surface area contributed by atoms with Crippen LogP contribution in [0.2, 0.25) is 0 Å². The van der Waals surface area contributed by atoms with Crippen LogP contribution in [0.15, 0.2) is 16.3 Å². The highest BCUT2D eigenvalue weighted by atomic mass is 35.5. The first kappa shape index (κ1) is 18.3. The first-order valence-corrected chi connectivity index (χ1v) is 7.63. The molecule has 1 rings (SSSR count). The Morgan fingerprint density at radius 3 is 2.53 bits per heavy atom. The molecular formula is C10H18ClN3O3S2. The summed E-state index contributed by atoms with van der Waals surface area (Å²) in [5.74, 6) is -0.326. The van der Waals surface area contributed by atoms with Crippen molar-refractivity contribution in [2.45, 2.75) is 24.3 Å². The van der Waals surface area contributed by atoms with Crippen molar-refractivity contribution in [2.24, 2.45) is 5.73 Å². The number of thiophene rings is 1. The van der Waals surface area contributed by atoms with Gasteiger partial charge in [-0.05, 0) is 27.0 Å². The average molecular weight is 328 g/mol. The zero-order valence-corrected chi connectivity index (χ0v) is 13.3. The van der Waals surface area contributed by atoms with Gasteiger partial charge < -0.3 is 11.1 Å². The van der Waals surface area contributed by atoms with Gasteiger partial charge >= 0.3 is 0 Å². The lowest BCUT2D eigenvalue weighted by molar-refractivity contribution is 0.0920. The van der Waals surface area contributed by atoms with Crippen LogP contribution in [0.5, 0.6) is 0 Å².